The molecule has 1 aromatic heterocycles. The molecule has 2 heterocycles. The normalized spacial score (nSPS) is 21.4. The highest BCUT2D eigenvalue weighted by atomic mass is 16.7. The lowest BCUT2D eigenvalue weighted by atomic mass is 10.2. The number of benzene rings is 1. The lowest BCUT2D eigenvalue weighted by Gasteiger charge is -2.06. The van der Waals surface area contributed by atoms with Crippen molar-refractivity contribution in [2.75, 3.05) is 13.7 Å². The molecule has 3 rings (SSSR count). The molecule has 0 saturated carbocycles. The minimum absolute atomic E-state index is 0.327. The molecule has 19 heavy (non-hydrogen) atoms. The monoisotopic (exact) mass is 261 g/mol. The molecule has 1 saturated heterocycles. The van der Waals surface area contributed by atoms with E-state index in [-0.39, 0.29) is 12.2 Å². The first-order valence-electron chi connectivity index (χ1n) is 6.22. The molecule has 0 N–H and O–H groups in total. The minimum Gasteiger partial charge on any atom is -0.482 e. The van der Waals surface area contributed by atoms with Gasteiger partial charge >= 0.3 is 5.97 Å². The van der Waals surface area contributed by atoms with E-state index >= 15 is 0 Å². The number of para-hydroxylation sites is 1. The van der Waals surface area contributed by atoms with Gasteiger partial charge in [0.2, 0.25) is 6.10 Å². The molecule has 5 heteroatoms. The maximum atomic E-state index is 11.6. The van der Waals surface area contributed by atoms with Crippen LogP contribution in [0.25, 0.3) is 10.9 Å². The first-order valence-corrected chi connectivity index (χ1v) is 6.22. The van der Waals surface area contributed by atoms with Crippen molar-refractivity contribution in [3.05, 3.63) is 30.3 Å². The van der Waals surface area contributed by atoms with Crippen LogP contribution in [0.1, 0.15) is 13.2 Å². The van der Waals surface area contributed by atoms with Gasteiger partial charge in [-0.15, -0.1) is 0 Å². The van der Waals surface area contributed by atoms with Gasteiger partial charge in [0.15, 0.2) is 12.1 Å². The Morgan fingerprint density at radius 1 is 1.42 bits per heavy atom. The highest BCUT2D eigenvalue weighted by Crippen LogP contribution is 2.41. The Morgan fingerprint density at radius 3 is 2.95 bits per heavy atom. The quantitative estimate of drug-likeness (QED) is 0.625. The zero-order valence-corrected chi connectivity index (χ0v) is 10.8. The molecule has 5 nitrogen and oxygen atoms in total. The van der Waals surface area contributed by atoms with Gasteiger partial charge in [0.1, 0.15) is 0 Å². The van der Waals surface area contributed by atoms with Gasteiger partial charge in [-0.05, 0) is 13.0 Å². The summed E-state index contributed by atoms with van der Waals surface area (Å²) >= 11 is 0. The predicted molar refractivity (Wildman–Crippen MR) is 69.0 cm³/mol. The molecule has 0 bridgehead atoms. The fourth-order valence-corrected chi connectivity index (χ4v) is 2.27. The first-order chi connectivity index (χ1) is 9.26. The lowest BCUT2D eigenvalue weighted by molar-refractivity contribution is -0.144. The third kappa shape index (κ3) is 1.96. The summed E-state index contributed by atoms with van der Waals surface area (Å²) in [5.41, 5.74) is 0.983. The van der Waals surface area contributed by atoms with Crippen molar-refractivity contribution in [1.82, 2.24) is 4.57 Å². The maximum absolute atomic E-state index is 11.6. The number of carbonyl (C=O) groups excluding carboxylic acids is 1. The van der Waals surface area contributed by atoms with Crippen LogP contribution in [0.15, 0.2) is 30.3 Å². The van der Waals surface area contributed by atoms with Crippen molar-refractivity contribution >= 4 is 16.9 Å². The van der Waals surface area contributed by atoms with Crippen molar-refractivity contribution in [2.24, 2.45) is 0 Å². The second-order valence-corrected chi connectivity index (χ2v) is 4.31. The summed E-state index contributed by atoms with van der Waals surface area (Å²) in [6.07, 6.45) is -0.876. The smallest absolute Gasteiger partial charge is 0.340 e. The van der Waals surface area contributed by atoms with Crippen LogP contribution in [-0.2, 0) is 14.3 Å². The Morgan fingerprint density at radius 2 is 2.21 bits per heavy atom. The maximum Gasteiger partial charge on any atom is 0.340 e. The van der Waals surface area contributed by atoms with E-state index in [1.165, 1.54) is 0 Å². The van der Waals surface area contributed by atoms with Crippen molar-refractivity contribution in [3.8, 4) is 5.88 Å². The molecule has 1 fully saturated rings. The number of methoxy groups -OCH3 is 1. The summed E-state index contributed by atoms with van der Waals surface area (Å²) in [5, 5.41) is 1.05. The van der Waals surface area contributed by atoms with E-state index in [0.717, 1.165) is 10.9 Å². The number of nitrogens with zero attached hydrogens (tertiary/aromatic N) is 1. The number of hydrogen-bond donors (Lipinski definition) is 0. The topological polar surface area (TPSA) is 53.0 Å². The van der Waals surface area contributed by atoms with Gasteiger partial charge in [-0.1, -0.05) is 18.2 Å². The highest BCUT2D eigenvalue weighted by molar-refractivity contribution is 5.84. The van der Waals surface area contributed by atoms with Gasteiger partial charge in [-0.2, -0.15) is 0 Å². The summed E-state index contributed by atoms with van der Waals surface area (Å²) < 4.78 is 17.6. The molecule has 2 aromatic rings. The van der Waals surface area contributed by atoms with E-state index in [1.807, 2.05) is 34.9 Å². The van der Waals surface area contributed by atoms with Gasteiger partial charge in [0.05, 0.1) is 19.2 Å². The first kappa shape index (κ1) is 12.0. The van der Waals surface area contributed by atoms with E-state index in [0.29, 0.717) is 12.5 Å². The van der Waals surface area contributed by atoms with Crippen molar-refractivity contribution in [3.63, 3.8) is 0 Å². The lowest BCUT2D eigenvalue weighted by Crippen LogP contribution is -2.14. The zero-order valence-electron chi connectivity index (χ0n) is 10.8. The SMILES string of the molecule is CCOC(=O)C1OC1n1c(OC)cc2ccccc21. The average Bonchev–Trinajstić information content (AvgIpc) is 3.12. The van der Waals surface area contributed by atoms with E-state index in [1.54, 1.807) is 14.0 Å². The number of epoxide rings is 1. The van der Waals surface area contributed by atoms with E-state index in [4.69, 9.17) is 14.2 Å². The van der Waals surface area contributed by atoms with Gasteiger partial charge < -0.3 is 14.2 Å². The molecule has 0 aliphatic carbocycles. The number of rotatable bonds is 4. The van der Waals surface area contributed by atoms with Crippen LogP contribution in [0.3, 0.4) is 0 Å². The van der Waals surface area contributed by atoms with Crippen LogP contribution < -0.4 is 4.74 Å². The van der Waals surface area contributed by atoms with E-state index < -0.39 is 6.10 Å². The zero-order chi connectivity index (χ0) is 13.4. The second kappa shape index (κ2) is 4.59. The summed E-state index contributed by atoms with van der Waals surface area (Å²) in [4.78, 5) is 11.6. The number of ether oxygens (including phenoxy) is 3. The van der Waals surface area contributed by atoms with Crippen LogP contribution in [-0.4, -0.2) is 30.4 Å². The second-order valence-electron chi connectivity index (χ2n) is 4.31. The molecule has 1 aliphatic heterocycles. The number of carbonyl (C=O) groups is 1. The standard InChI is InChI=1S/C14H15NO4/c1-3-18-14(16)12-13(19-12)15-10-7-5-4-6-9(10)8-11(15)17-2/h4-8,12-13H,3H2,1-2H3. The number of esters is 1. The minimum atomic E-state index is -0.537. The third-order valence-electron chi connectivity index (χ3n) is 3.16. The molecular formula is C14H15NO4. The fraction of sp³-hybridized carbons (Fsp3) is 0.357. The Bertz CT molecular complexity index is 619. The van der Waals surface area contributed by atoms with Crippen molar-refractivity contribution < 1.29 is 19.0 Å². The molecule has 0 amide bonds. The molecular weight excluding hydrogens is 246 g/mol. The molecule has 0 spiro atoms. The van der Waals surface area contributed by atoms with E-state index in [2.05, 4.69) is 0 Å². The largest absolute Gasteiger partial charge is 0.482 e. The molecule has 100 valence electrons. The Kier molecular flexibility index (Phi) is 2.91. The van der Waals surface area contributed by atoms with Crippen LogP contribution in [0, 0.1) is 0 Å². The summed E-state index contributed by atoms with van der Waals surface area (Å²) in [7, 11) is 1.60. The van der Waals surface area contributed by atoms with Gasteiger partial charge in [0.25, 0.3) is 0 Å². The van der Waals surface area contributed by atoms with Gasteiger partial charge in [0, 0.05) is 11.5 Å². The molecule has 2 atom stereocenters. The fourth-order valence-electron chi connectivity index (χ4n) is 2.27. The van der Waals surface area contributed by atoms with Gasteiger partial charge in [-0.3, -0.25) is 4.57 Å². The third-order valence-corrected chi connectivity index (χ3v) is 3.16. The molecule has 1 aliphatic rings. The molecule has 1 aromatic carbocycles. The number of fused-ring (bicyclic) bond motifs is 1. The summed E-state index contributed by atoms with van der Waals surface area (Å²) in [6, 6.07) is 9.81. The Balaban J connectivity index is 1.95. The van der Waals surface area contributed by atoms with Crippen molar-refractivity contribution in [1.29, 1.82) is 0 Å². The highest BCUT2D eigenvalue weighted by Gasteiger charge is 2.49. The van der Waals surface area contributed by atoms with E-state index in [9.17, 15) is 4.79 Å². The number of aromatic nitrogens is 1. The molecule has 0 radical (unpaired) electrons. The Labute approximate surface area is 110 Å². The van der Waals surface area contributed by atoms with Crippen LogP contribution in [0.4, 0.5) is 0 Å². The number of hydrogen-bond acceptors (Lipinski definition) is 4. The average molecular weight is 261 g/mol. The van der Waals surface area contributed by atoms with Crippen molar-refractivity contribution in [2.45, 2.75) is 19.3 Å². The summed E-state index contributed by atoms with van der Waals surface area (Å²) in [6.45, 7) is 2.13. The van der Waals surface area contributed by atoms with Crippen LogP contribution in [0.2, 0.25) is 0 Å². The Hall–Kier alpha value is -2.01. The van der Waals surface area contributed by atoms with Crippen LogP contribution in [0.5, 0.6) is 5.88 Å². The predicted octanol–water partition coefficient (Wildman–Crippen LogP) is 2.11. The van der Waals surface area contributed by atoms with Crippen LogP contribution >= 0.6 is 0 Å². The summed E-state index contributed by atoms with van der Waals surface area (Å²) in [5.74, 6) is 0.352. The molecule has 2 unspecified atom stereocenters. The van der Waals surface area contributed by atoms with Gasteiger partial charge in [-0.25, -0.2) is 4.79 Å².